The van der Waals surface area contributed by atoms with Gasteiger partial charge in [0.05, 0.1) is 0 Å². The molecular formula is C25H28ClN5O. The van der Waals surface area contributed by atoms with Crippen LogP contribution in [0.25, 0.3) is 0 Å². The van der Waals surface area contributed by atoms with Gasteiger partial charge in [0.1, 0.15) is 5.69 Å². The van der Waals surface area contributed by atoms with Crippen molar-refractivity contribution < 1.29 is 4.79 Å². The summed E-state index contributed by atoms with van der Waals surface area (Å²) in [5.74, 6) is 0.746. The van der Waals surface area contributed by atoms with Crippen molar-refractivity contribution in [2.24, 2.45) is 0 Å². The van der Waals surface area contributed by atoms with E-state index in [0.717, 1.165) is 47.8 Å². The van der Waals surface area contributed by atoms with Crippen LogP contribution in [0.15, 0.2) is 48.7 Å². The van der Waals surface area contributed by atoms with Gasteiger partial charge in [-0.15, -0.1) is 0 Å². The quantitative estimate of drug-likeness (QED) is 0.573. The number of anilines is 1. The number of nitrogens with zero attached hydrogens (tertiary/aromatic N) is 5. The molecule has 1 atom stereocenters. The van der Waals surface area contributed by atoms with Gasteiger partial charge in [0, 0.05) is 55.7 Å². The topological polar surface area (TPSA) is 62.2 Å². The van der Waals surface area contributed by atoms with E-state index in [-0.39, 0.29) is 11.8 Å². The van der Waals surface area contributed by atoms with Gasteiger partial charge in [0.25, 0.3) is 5.91 Å². The number of carbonyl (C=O) groups is 1. The molecule has 0 spiro atoms. The lowest BCUT2D eigenvalue weighted by Gasteiger charge is -2.32. The van der Waals surface area contributed by atoms with Gasteiger partial charge in [0.15, 0.2) is 0 Å². The Balaban J connectivity index is 1.44. The van der Waals surface area contributed by atoms with Crippen LogP contribution in [0.2, 0.25) is 5.02 Å². The molecule has 32 heavy (non-hydrogen) atoms. The highest BCUT2D eigenvalue weighted by molar-refractivity contribution is 6.30. The molecule has 0 N–H and O–H groups in total. The van der Waals surface area contributed by atoms with E-state index in [0.29, 0.717) is 18.2 Å². The normalized spacial score (nSPS) is 16.1. The van der Waals surface area contributed by atoms with Crippen LogP contribution < -0.4 is 4.90 Å². The summed E-state index contributed by atoms with van der Waals surface area (Å²) in [4.78, 5) is 30.5. The van der Waals surface area contributed by atoms with Gasteiger partial charge in [-0.2, -0.15) is 0 Å². The standard InChI is InChI=1S/C25H28ClN5O/c1-17-13-23(29-25(28-17)30(2)3)24(32)31-12-4-5-20(16-31)22-11-8-19(15-27-22)14-18-6-9-21(26)10-7-18/h6-11,13,15,20H,4-5,12,14,16H2,1-3H3/t20-/m0/s1. The van der Waals surface area contributed by atoms with Crippen molar-refractivity contribution in [1.82, 2.24) is 19.9 Å². The van der Waals surface area contributed by atoms with Gasteiger partial charge in [-0.05, 0) is 61.6 Å². The molecule has 6 nitrogen and oxygen atoms in total. The molecule has 3 aromatic rings. The first-order valence-corrected chi connectivity index (χ1v) is 11.3. The first-order chi connectivity index (χ1) is 15.4. The molecule has 0 saturated carbocycles. The Bertz CT molecular complexity index is 1080. The maximum Gasteiger partial charge on any atom is 0.272 e. The Morgan fingerprint density at radius 1 is 1.12 bits per heavy atom. The number of rotatable bonds is 5. The van der Waals surface area contributed by atoms with E-state index in [1.54, 1.807) is 6.07 Å². The summed E-state index contributed by atoms with van der Waals surface area (Å²) in [5.41, 5.74) is 4.64. The number of hydrogen-bond donors (Lipinski definition) is 0. The summed E-state index contributed by atoms with van der Waals surface area (Å²) in [6, 6.07) is 13.9. The first kappa shape index (κ1) is 22.2. The van der Waals surface area contributed by atoms with Crippen LogP contribution in [0.5, 0.6) is 0 Å². The van der Waals surface area contributed by atoms with Crippen molar-refractivity contribution in [3.05, 3.63) is 81.9 Å². The van der Waals surface area contributed by atoms with E-state index in [9.17, 15) is 4.79 Å². The summed E-state index contributed by atoms with van der Waals surface area (Å²) in [6.07, 6.45) is 4.75. The second-order valence-corrected chi connectivity index (χ2v) is 9.01. The summed E-state index contributed by atoms with van der Waals surface area (Å²) in [7, 11) is 3.75. The van der Waals surface area contributed by atoms with E-state index in [1.807, 2.05) is 61.3 Å². The minimum absolute atomic E-state index is 0.0392. The monoisotopic (exact) mass is 449 g/mol. The lowest BCUT2D eigenvalue weighted by molar-refractivity contribution is 0.0699. The van der Waals surface area contributed by atoms with Crippen LogP contribution >= 0.6 is 11.6 Å². The largest absolute Gasteiger partial charge is 0.347 e. The predicted molar refractivity (Wildman–Crippen MR) is 127 cm³/mol. The van der Waals surface area contributed by atoms with Gasteiger partial charge in [-0.1, -0.05) is 29.8 Å². The molecule has 4 rings (SSSR count). The first-order valence-electron chi connectivity index (χ1n) is 10.9. The summed E-state index contributed by atoms with van der Waals surface area (Å²) >= 11 is 5.97. The summed E-state index contributed by atoms with van der Waals surface area (Å²) in [6.45, 7) is 3.28. The molecule has 0 unspecified atom stereocenters. The Hall–Kier alpha value is -2.99. The average Bonchev–Trinajstić information content (AvgIpc) is 2.80. The van der Waals surface area contributed by atoms with E-state index >= 15 is 0 Å². The molecule has 0 bridgehead atoms. The molecule has 3 heterocycles. The maximum absolute atomic E-state index is 13.2. The molecular weight excluding hydrogens is 422 g/mol. The van der Waals surface area contributed by atoms with Crippen molar-refractivity contribution in [3.63, 3.8) is 0 Å². The number of benzene rings is 1. The molecule has 1 aliphatic rings. The third-order valence-corrected chi connectivity index (χ3v) is 6.01. The molecule has 1 aliphatic heterocycles. The number of piperidine rings is 1. The smallest absolute Gasteiger partial charge is 0.272 e. The number of halogens is 1. The molecule has 2 aromatic heterocycles. The molecule has 1 amide bonds. The highest BCUT2D eigenvalue weighted by atomic mass is 35.5. The van der Waals surface area contributed by atoms with Gasteiger partial charge in [-0.3, -0.25) is 9.78 Å². The lowest BCUT2D eigenvalue weighted by atomic mass is 9.93. The van der Waals surface area contributed by atoms with Gasteiger partial charge in [0.2, 0.25) is 5.95 Å². The van der Waals surface area contributed by atoms with Crippen molar-refractivity contribution in [3.8, 4) is 0 Å². The zero-order chi connectivity index (χ0) is 22.7. The average molecular weight is 450 g/mol. The Morgan fingerprint density at radius 2 is 1.88 bits per heavy atom. The molecule has 1 saturated heterocycles. The second-order valence-electron chi connectivity index (χ2n) is 8.57. The molecule has 1 fully saturated rings. The van der Waals surface area contributed by atoms with Crippen molar-refractivity contribution in [2.75, 3.05) is 32.1 Å². The fraction of sp³-hybridized carbons (Fsp3) is 0.360. The number of pyridine rings is 1. The second kappa shape index (κ2) is 9.65. The van der Waals surface area contributed by atoms with Crippen molar-refractivity contribution in [1.29, 1.82) is 0 Å². The van der Waals surface area contributed by atoms with Crippen LogP contribution in [-0.2, 0) is 6.42 Å². The van der Waals surface area contributed by atoms with Crippen molar-refractivity contribution in [2.45, 2.75) is 32.1 Å². The molecule has 7 heteroatoms. The Kier molecular flexibility index (Phi) is 6.70. The summed E-state index contributed by atoms with van der Waals surface area (Å²) < 4.78 is 0. The van der Waals surface area contributed by atoms with Gasteiger partial charge >= 0.3 is 0 Å². The van der Waals surface area contributed by atoms with Gasteiger partial charge < -0.3 is 9.80 Å². The van der Waals surface area contributed by atoms with E-state index in [2.05, 4.69) is 22.1 Å². The molecule has 166 valence electrons. The van der Waals surface area contributed by atoms with Crippen LogP contribution in [0.4, 0.5) is 5.95 Å². The zero-order valence-electron chi connectivity index (χ0n) is 18.8. The fourth-order valence-corrected chi connectivity index (χ4v) is 4.17. The highest BCUT2D eigenvalue weighted by Gasteiger charge is 2.27. The number of aryl methyl sites for hydroxylation is 1. The minimum Gasteiger partial charge on any atom is -0.347 e. The van der Waals surface area contributed by atoms with Crippen LogP contribution in [0, 0.1) is 6.92 Å². The molecule has 0 radical (unpaired) electrons. The number of amides is 1. The van der Waals surface area contributed by atoms with Gasteiger partial charge in [-0.25, -0.2) is 9.97 Å². The lowest BCUT2D eigenvalue weighted by Crippen LogP contribution is -2.39. The Labute approximate surface area is 194 Å². The number of hydrogen-bond acceptors (Lipinski definition) is 5. The van der Waals surface area contributed by atoms with E-state index in [1.165, 1.54) is 5.56 Å². The minimum atomic E-state index is -0.0392. The van der Waals surface area contributed by atoms with Crippen molar-refractivity contribution >= 4 is 23.5 Å². The summed E-state index contributed by atoms with van der Waals surface area (Å²) in [5, 5.41) is 0.744. The van der Waals surface area contributed by atoms with Crippen LogP contribution in [0.1, 0.15) is 51.8 Å². The molecule has 0 aliphatic carbocycles. The fourth-order valence-electron chi connectivity index (χ4n) is 4.05. The SMILES string of the molecule is Cc1cc(C(=O)N2CCC[C@H](c3ccc(Cc4ccc(Cl)cc4)cn3)C2)nc(N(C)C)n1. The Morgan fingerprint density at radius 3 is 2.56 bits per heavy atom. The molecule has 1 aromatic carbocycles. The third kappa shape index (κ3) is 5.25. The number of carbonyl (C=O) groups excluding carboxylic acids is 1. The third-order valence-electron chi connectivity index (χ3n) is 5.76. The highest BCUT2D eigenvalue weighted by Crippen LogP contribution is 2.27. The van der Waals surface area contributed by atoms with E-state index in [4.69, 9.17) is 16.6 Å². The predicted octanol–water partition coefficient (Wildman–Crippen LogP) is 4.51. The number of aromatic nitrogens is 3. The number of likely N-dealkylation sites (tertiary alicyclic amines) is 1. The van der Waals surface area contributed by atoms with Crippen LogP contribution in [0.3, 0.4) is 0 Å². The van der Waals surface area contributed by atoms with Crippen LogP contribution in [-0.4, -0.2) is 52.9 Å². The maximum atomic E-state index is 13.2. The van der Waals surface area contributed by atoms with E-state index < -0.39 is 0 Å². The zero-order valence-corrected chi connectivity index (χ0v) is 19.5.